The minimum Gasteiger partial charge on any atom is -0.618 e. The number of pyridine rings is 1. The van der Waals surface area contributed by atoms with Gasteiger partial charge in [-0.3, -0.25) is 24.2 Å². The molecule has 3 rings (SSSR count). The number of fused-ring (bicyclic) bond motifs is 1. The van der Waals surface area contributed by atoms with Gasteiger partial charge in [0.15, 0.2) is 6.20 Å². The van der Waals surface area contributed by atoms with E-state index in [1.165, 1.54) is 6.20 Å². The zero-order valence-electron chi connectivity index (χ0n) is 19.9. The molecule has 0 spiro atoms. The molecule has 12 nitrogen and oxygen atoms in total. The second-order valence-electron chi connectivity index (χ2n) is 8.69. The summed E-state index contributed by atoms with van der Waals surface area (Å²) in [6, 6.07) is 9.31. The molecule has 0 unspecified atom stereocenters. The Hall–Kier alpha value is -3.90. The van der Waals surface area contributed by atoms with Crippen LogP contribution in [0.5, 0.6) is 0 Å². The molecule has 0 saturated heterocycles. The van der Waals surface area contributed by atoms with E-state index >= 15 is 0 Å². The fourth-order valence-electron chi connectivity index (χ4n) is 4.06. The molecule has 194 valence electrons. The highest BCUT2D eigenvalue weighted by Crippen LogP contribution is 2.14. The first-order chi connectivity index (χ1) is 17.2. The minimum absolute atomic E-state index is 0.207. The Balaban J connectivity index is 1.86. The summed E-state index contributed by atoms with van der Waals surface area (Å²) in [5.74, 6) is -3.03. The number of aromatic nitrogens is 1. The Morgan fingerprint density at radius 3 is 1.83 bits per heavy atom. The van der Waals surface area contributed by atoms with E-state index in [2.05, 4.69) is 0 Å². The number of hydrogen-bond donors (Lipinski definition) is 3. The van der Waals surface area contributed by atoms with Crippen molar-refractivity contribution in [1.29, 1.82) is 0 Å². The van der Waals surface area contributed by atoms with E-state index in [4.69, 9.17) is 0 Å². The van der Waals surface area contributed by atoms with Gasteiger partial charge in [0.2, 0.25) is 5.69 Å². The van der Waals surface area contributed by atoms with Crippen molar-refractivity contribution in [2.45, 2.75) is 6.54 Å². The fourth-order valence-corrected chi connectivity index (χ4v) is 4.06. The molecule has 3 N–H and O–H groups in total. The predicted octanol–water partition coefficient (Wildman–Crippen LogP) is -0.0802. The Morgan fingerprint density at radius 2 is 1.25 bits per heavy atom. The average molecular weight is 502 g/mol. The molecule has 36 heavy (non-hydrogen) atoms. The van der Waals surface area contributed by atoms with Crippen molar-refractivity contribution >= 4 is 28.7 Å². The Labute approximate surface area is 208 Å². The van der Waals surface area contributed by atoms with Gasteiger partial charge in [0.05, 0.1) is 13.1 Å². The molecular formula is C24H31N5O7. The van der Waals surface area contributed by atoms with E-state index < -0.39 is 17.9 Å². The lowest BCUT2D eigenvalue weighted by Gasteiger charge is -2.31. The summed E-state index contributed by atoms with van der Waals surface area (Å²) < 4.78 is 0.806. The molecule has 2 aromatic rings. The molecule has 12 heteroatoms. The molecule has 2 heterocycles. The van der Waals surface area contributed by atoms with E-state index in [0.717, 1.165) is 15.5 Å². The van der Waals surface area contributed by atoms with Crippen LogP contribution in [0.2, 0.25) is 0 Å². The van der Waals surface area contributed by atoms with Crippen molar-refractivity contribution in [2.75, 3.05) is 58.9 Å². The van der Waals surface area contributed by atoms with Gasteiger partial charge in [0.25, 0.3) is 0 Å². The standard InChI is InChI=1S/C24H31N5O7/c30-22(31)16-26-7-5-25(15-21-13-19-3-1-2-4-20(19)14-29(21)36)6-8-27(17-23(32)33)10-12-28(11-9-26)18-24(34)35/h1-5,7,13-14H,6,8-12,15-18H2,(H,30,31)(H,32,33)(H,34,35)/b7-5-. The van der Waals surface area contributed by atoms with Gasteiger partial charge < -0.3 is 30.3 Å². The van der Waals surface area contributed by atoms with Crippen LogP contribution in [0, 0.1) is 5.21 Å². The third kappa shape index (κ3) is 8.40. The van der Waals surface area contributed by atoms with Gasteiger partial charge in [-0.1, -0.05) is 18.2 Å². The van der Waals surface area contributed by atoms with Gasteiger partial charge >= 0.3 is 17.9 Å². The summed E-state index contributed by atoms with van der Waals surface area (Å²) in [6.45, 7) is 1.44. The number of benzene rings is 1. The lowest BCUT2D eigenvalue weighted by molar-refractivity contribution is -0.613. The first kappa shape index (κ1) is 26.7. The summed E-state index contributed by atoms with van der Waals surface area (Å²) >= 11 is 0. The fraction of sp³-hybridized carbons (Fsp3) is 0.417. The van der Waals surface area contributed by atoms with Gasteiger partial charge in [0.1, 0.15) is 13.1 Å². The largest absolute Gasteiger partial charge is 0.618 e. The first-order valence-electron chi connectivity index (χ1n) is 11.6. The minimum atomic E-state index is -1.03. The van der Waals surface area contributed by atoms with Crippen molar-refractivity contribution in [3.8, 4) is 0 Å². The number of carboxylic acid groups (broad SMARTS) is 3. The van der Waals surface area contributed by atoms with Gasteiger partial charge in [-0.2, -0.15) is 4.73 Å². The van der Waals surface area contributed by atoms with E-state index in [-0.39, 0.29) is 39.3 Å². The van der Waals surface area contributed by atoms with Crippen molar-refractivity contribution in [1.82, 2.24) is 19.6 Å². The second kappa shape index (κ2) is 12.7. The van der Waals surface area contributed by atoms with Gasteiger partial charge in [0, 0.05) is 63.1 Å². The summed E-state index contributed by atoms with van der Waals surface area (Å²) in [7, 11) is 0. The lowest BCUT2D eigenvalue weighted by atomic mass is 10.1. The number of rotatable bonds is 8. The molecule has 1 aliphatic heterocycles. The summed E-state index contributed by atoms with van der Waals surface area (Å²) in [6.07, 6.45) is 4.82. The molecular weight excluding hydrogens is 470 g/mol. The highest BCUT2D eigenvalue weighted by Gasteiger charge is 2.19. The zero-order chi connectivity index (χ0) is 26.1. The SMILES string of the molecule is O=C(O)CN1/C=C\N(Cc2cc3ccccc3c[n+]2[O-])CCN(CC(=O)O)CCN(CC(=O)O)CC1. The maximum Gasteiger partial charge on any atom is 0.323 e. The van der Waals surface area contributed by atoms with Crippen molar-refractivity contribution in [3.63, 3.8) is 0 Å². The molecule has 0 aliphatic carbocycles. The first-order valence-corrected chi connectivity index (χ1v) is 11.6. The monoisotopic (exact) mass is 501 g/mol. The normalized spacial score (nSPS) is 17.3. The van der Waals surface area contributed by atoms with Crippen LogP contribution in [0.1, 0.15) is 5.69 Å². The van der Waals surface area contributed by atoms with E-state index in [0.29, 0.717) is 31.9 Å². The van der Waals surface area contributed by atoms with Crippen LogP contribution in [0.3, 0.4) is 0 Å². The van der Waals surface area contributed by atoms with Gasteiger partial charge in [-0.05, 0) is 11.5 Å². The smallest absolute Gasteiger partial charge is 0.323 e. The van der Waals surface area contributed by atoms with Crippen LogP contribution in [0.25, 0.3) is 10.8 Å². The molecule has 1 aromatic heterocycles. The Kier molecular flexibility index (Phi) is 9.42. The van der Waals surface area contributed by atoms with Crippen LogP contribution < -0.4 is 4.73 Å². The van der Waals surface area contributed by atoms with Gasteiger partial charge in [-0.15, -0.1) is 0 Å². The van der Waals surface area contributed by atoms with Gasteiger partial charge in [-0.25, -0.2) is 0 Å². The Morgan fingerprint density at radius 1 is 0.750 bits per heavy atom. The number of carbonyl (C=O) groups is 3. The van der Waals surface area contributed by atoms with Crippen molar-refractivity contribution in [3.05, 3.63) is 59.8 Å². The molecule has 0 atom stereocenters. The van der Waals surface area contributed by atoms with Crippen molar-refractivity contribution in [2.24, 2.45) is 0 Å². The molecule has 0 saturated carbocycles. The molecule has 1 aliphatic rings. The third-order valence-electron chi connectivity index (χ3n) is 5.91. The van der Waals surface area contributed by atoms with Crippen molar-refractivity contribution < 1.29 is 34.4 Å². The topological polar surface area (TPSA) is 152 Å². The highest BCUT2D eigenvalue weighted by molar-refractivity contribution is 5.81. The van der Waals surface area contributed by atoms with Crippen LogP contribution >= 0.6 is 0 Å². The van der Waals surface area contributed by atoms with E-state index in [1.54, 1.807) is 33.2 Å². The van der Waals surface area contributed by atoms with Crippen LogP contribution in [0.15, 0.2) is 48.9 Å². The number of hydrogen-bond acceptors (Lipinski definition) is 8. The lowest BCUT2D eigenvalue weighted by Crippen LogP contribution is -2.45. The predicted molar refractivity (Wildman–Crippen MR) is 130 cm³/mol. The third-order valence-corrected chi connectivity index (χ3v) is 5.91. The van der Waals surface area contributed by atoms with E-state index in [9.17, 15) is 34.9 Å². The Bertz CT molecular complexity index is 1110. The quantitative estimate of drug-likeness (QED) is 0.329. The average Bonchev–Trinajstić information content (AvgIpc) is 2.80. The molecule has 0 amide bonds. The summed E-state index contributed by atoms with van der Waals surface area (Å²) in [5.41, 5.74) is 0.493. The summed E-state index contributed by atoms with van der Waals surface area (Å²) in [4.78, 5) is 40.9. The maximum atomic E-state index is 12.7. The second-order valence-corrected chi connectivity index (χ2v) is 8.69. The number of carboxylic acids is 3. The molecule has 1 aromatic carbocycles. The van der Waals surface area contributed by atoms with Crippen LogP contribution in [0.4, 0.5) is 0 Å². The molecule has 0 bridgehead atoms. The number of nitrogens with zero attached hydrogens (tertiary/aromatic N) is 5. The maximum absolute atomic E-state index is 12.7. The number of aliphatic carboxylic acids is 3. The van der Waals surface area contributed by atoms with E-state index in [1.807, 2.05) is 29.2 Å². The van der Waals surface area contributed by atoms with Crippen LogP contribution in [-0.4, -0.2) is 112 Å². The molecule has 0 radical (unpaired) electrons. The highest BCUT2D eigenvalue weighted by atomic mass is 16.5. The van der Waals surface area contributed by atoms with Crippen LogP contribution in [-0.2, 0) is 20.9 Å². The molecule has 0 fully saturated rings. The summed E-state index contributed by atoms with van der Waals surface area (Å²) in [5, 5.41) is 42.3. The zero-order valence-corrected chi connectivity index (χ0v) is 19.9.